The second-order valence-corrected chi connectivity index (χ2v) is 6.24. The molecule has 0 aliphatic rings. The van der Waals surface area contributed by atoms with E-state index in [1.807, 2.05) is 62.4 Å². The van der Waals surface area contributed by atoms with E-state index in [9.17, 15) is 4.79 Å². The molecule has 26 heavy (non-hydrogen) atoms. The van der Waals surface area contributed by atoms with Gasteiger partial charge in [-0.05, 0) is 31.0 Å². The summed E-state index contributed by atoms with van der Waals surface area (Å²) in [4.78, 5) is 17.0. The molecule has 1 aromatic heterocycles. The smallest absolute Gasteiger partial charge is 0.242 e. The number of para-hydroxylation sites is 1. The lowest BCUT2D eigenvalue weighted by molar-refractivity contribution is -0.121. The van der Waals surface area contributed by atoms with E-state index in [-0.39, 0.29) is 11.9 Å². The van der Waals surface area contributed by atoms with Crippen LogP contribution in [0.5, 0.6) is 5.75 Å². The predicted molar refractivity (Wildman–Crippen MR) is 104 cm³/mol. The molecule has 1 amide bonds. The second-order valence-electron chi connectivity index (χ2n) is 6.24. The minimum Gasteiger partial charge on any atom is -0.494 e. The van der Waals surface area contributed by atoms with Gasteiger partial charge in [0.05, 0.1) is 7.11 Å². The Morgan fingerprint density at radius 2 is 1.92 bits per heavy atom. The van der Waals surface area contributed by atoms with Crippen LogP contribution in [0, 0.1) is 6.92 Å². The van der Waals surface area contributed by atoms with Crippen LogP contribution in [0.4, 0.5) is 5.69 Å². The number of fused-ring (bicyclic) bond motifs is 1. The van der Waals surface area contributed by atoms with Crippen LogP contribution in [0.1, 0.15) is 18.1 Å². The maximum Gasteiger partial charge on any atom is 0.242 e. The fourth-order valence-corrected chi connectivity index (χ4v) is 2.87. The summed E-state index contributed by atoms with van der Waals surface area (Å²) in [6.07, 6.45) is 1.79. The average molecular weight is 349 g/mol. The number of hydrogen-bond acceptors (Lipinski definition) is 4. The number of pyridine rings is 1. The van der Waals surface area contributed by atoms with Gasteiger partial charge >= 0.3 is 0 Å². The third kappa shape index (κ3) is 3.77. The highest BCUT2D eigenvalue weighted by Gasteiger charge is 2.16. The number of carbonyl (C=O) groups excluding carboxylic acids is 1. The highest BCUT2D eigenvalue weighted by atomic mass is 16.5. The van der Waals surface area contributed by atoms with Crippen molar-refractivity contribution in [3.63, 3.8) is 0 Å². The zero-order valence-corrected chi connectivity index (χ0v) is 15.2. The van der Waals surface area contributed by atoms with Crippen molar-refractivity contribution in [2.45, 2.75) is 26.4 Å². The number of nitrogens with zero attached hydrogens (tertiary/aromatic N) is 1. The summed E-state index contributed by atoms with van der Waals surface area (Å²) in [5, 5.41) is 7.24. The van der Waals surface area contributed by atoms with E-state index >= 15 is 0 Å². The van der Waals surface area contributed by atoms with Gasteiger partial charge in [-0.3, -0.25) is 9.78 Å². The minimum absolute atomic E-state index is 0.0545. The maximum absolute atomic E-state index is 12.5. The molecule has 0 bridgehead atoms. The molecule has 1 heterocycles. The zero-order valence-electron chi connectivity index (χ0n) is 15.2. The average Bonchev–Trinajstić information content (AvgIpc) is 2.68. The number of hydrogen-bond donors (Lipinski definition) is 2. The van der Waals surface area contributed by atoms with Gasteiger partial charge in [-0.1, -0.05) is 42.5 Å². The number of amides is 1. The molecule has 1 atom stereocenters. The van der Waals surface area contributed by atoms with E-state index in [0.29, 0.717) is 12.3 Å². The van der Waals surface area contributed by atoms with Gasteiger partial charge < -0.3 is 15.4 Å². The van der Waals surface area contributed by atoms with Gasteiger partial charge in [0.25, 0.3) is 0 Å². The Bertz CT molecular complexity index is 910. The van der Waals surface area contributed by atoms with Crippen LogP contribution < -0.4 is 15.4 Å². The van der Waals surface area contributed by atoms with Crippen LogP contribution in [0.15, 0.2) is 54.7 Å². The topological polar surface area (TPSA) is 63.2 Å². The van der Waals surface area contributed by atoms with Crippen molar-refractivity contribution in [2.24, 2.45) is 0 Å². The Hall–Kier alpha value is -3.08. The first-order valence-electron chi connectivity index (χ1n) is 8.60. The number of rotatable bonds is 6. The van der Waals surface area contributed by atoms with Gasteiger partial charge in [0.15, 0.2) is 0 Å². The molecular weight excluding hydrogens is 326 g/mol. The Kier molecular flexibility index (Phi) is 5.37. The molecule has 0 fully saturated rings. The van der Waals surface area contributed by atoms with E-state index in [2.05, 4.69) is 15.6 Å². The van der Waals surface area contributed by atoms with Crippen molar-refractivity contribution in [1.82, 2.24) is 10.3 Å². The summed E-state index contributed by atoms with van der Waals surface area (Å²) >= 11 is 0. The Balaban J connectivity index is 1.77. The minimum atomic E-state index is -0.380. The molecule has 5 nitrogen and oxygen atoms in total. The molecule has 2 N–H and O–H groups in total. The number of carbonyl (C=O) groups is 1. The number of anilines is 1. The van der Waals surface area contributed by atoms with Gasteiger partial charge in [0.1, 0.15) is 17.3 Å². The number of methoxy groups -OCH3 is 1. The predicted octanol–water partition coefficient (Wildman–Crippen LogP) is 3.67. The summed E-state index contributed by atoms with van der Waals surface area (Å²) < 4.78 is 5.39. The van der Waals surface area contributed by atoms with Crippen molar-refractivity contribution >= 4 is 22.5 Å². The van der Waals surface area contributed by atoms with Crippen LogP contribution in [0.25, 0.3) is 10.9 Å². The van der Waals surface area contributed by atoms with Crippen molar-refractivity contribution in [1.29, 1.82) is 0 Å². The lowest BCUT2D eigenvalue weighted by Gasteiger charge is -2.19. The van der Waals surface area contributed by atoms with Crippen molar-refractivity contribution in [3.05, 3.63) is 65.9 Å². The number of benzene rings is 2. The van der Waals surface area contributed by atoms with Crippen LogP contribution in [-0.2, 0) is 11.3 Å². The number of nitrogens with one attached hydrogen (secondary N) is 2. The van der Waals surface area contributed by atoms with Crippen LogP contribution in [0.3, 0.4) is 0 Å². The van der Waals surface area contributed by atoms with Gasteiger partial charge in [0.2, 0.25) is 5.91 Å². The van der Waals surface area contributed by atoms with Gasteiger partial charge in [-0.15, -0.1) is 0 Å². The molecule has 2 aromatic carbocycles. The van der Waals surface area contributed by atoms with Gasteiger partial charge in [-0.25, -0.2) is 0 Å². The maximum atomic E-state index is 12.5. The molecule has 0 aliphatic heterocycles. The van der Waals surface area contributed by atoms with Crippen molar-refractivity contribution in [2.75, 3.05) is 12.4 Å². The molecule has 0 aliphatic carbocycles. The Labute approximate surface area is 153 Å². The molecule has 3 rings (SSSR count). The highest BCUT2D eigenvalue weighted by molar-refractivity contribution is 5.97. The molecule has 5 heteroatoms. The molecule has 0 spiro atoms. The summed E-state index contributed by atoms with van der Waals surface area (Å²) in [5.41, 5.74) is 3.73. The standard InChI is InChI=1S/C21H23N3O2/c1-14-12-22-20-17(10-7-11-18(20)26-3)19(14)24-15(2)21(25)23-13-16-8-5-4-6-9-16/h4-12,15H,13H2,1-3H3,(H,22,24)(H,23,25). The first kappa shape index (κ1) is 17.7. The molecule has 0 saturated carbocycles. The molecule has 0 radical (unpaired) electrons. The largest absolute Gasteiger partial charge is 0.494 e. The molecule has 1 unspecified atom stereocenters. The summed E-state index contributed by atoms with van der Waals surface area (Å²) in [5.74, 6) is 0.660. The van der Waals surface area contributed by atoms with Crippen molar-refractivity contribution < 1.29 is 9.53 Å². The summed E-state index contributed by atoms with van der Waals surface area (Å²) in [7, 11) is 1.63. The van der Waals surface area contributed by atoms with Crippen LogP contribution in [-0.4, -0.2) is 24.0 Å². The van der Waals surface area contributed by atoms with E-state index in [4.69, 9.17) is 4.74 Å². The Morgan fingerprint density at radius 1 is 1.15 bits per heavy atom. The molecule has 134 valence electrons. The first-order valence-corrected chi connectivity index (χ1v) is 8.60. The molecule has 3 aromatic rings. The summed E-state index contributed by atoms with van der Waals surface area (Å²) in [6.45, 7) is 4.34. The zero-order chi connectivity index (χ0) is 18.5. The monoisotopic (exact) mass is 349 g/mol. The van der Waals surface area contributed by atoms with E-state index in [1.165, 1.54) is 0 Å². The van der Waals surface area contributed by atoms with E-state index in [0.717, 1.165) is 27.7 Å². The quantitative estimate of drug-likeness (QED) is 0.713. The molecule has 0 saturated heterocycles. The fourth-order valence-electron chi connectivity index (χ4n) is 2.87. The van der Waals surface area contributed by atoms with Crippen molar-refractivity contribution in [3.8, 4) is 5.75 Å². The fraction of sp³-hybridized carbons (Fsp3) is 0.238. The van der Waals surface area contributed by atoms with Gasteiger partial charge in [0, 0.05) is 23.8 Å². The molecular formula is C21H23N3O2. The number of aromatic nitrogens is 1. The van der Waals surface area contributed by atoms with E-state index < -0.39 is 0 Å². The third-order valence-electron chi connectivity index (χ3n) is 4.33. The number of ether oxygens (including phenoxy) is 1. The Morgan fingerprint density at radius 3 is 2.65 bits per heavy atom. The first-order chi connectivity index (χ1) is 12.6. The third-order valence-corrected chi connectivity index (χ3v) is 4.33. The van der Waals surface area contributed by atoms with Crippen LogP contribution in [0.2, 0.25) is 0 Å². The number of aryl methyl sites for hydroxylation is 1. The van der Waals surface area contributed by atoms with Gasteiger partial charge in [-0.2, -0.15) is 0 Å². The van der Waals surface area contributed by atoms with Crippen LogP contribution >= 0.6 is 0 Å². The lowest BCUT2D eigenvalue weighted by Crippen LogP contribution is -2.37. The lowest BCUT2D eigenvalue weighted by atomic mass is 10.1. The normalized spacial score (nSPS) is 11.8. The second kappa shape index (κ2) is 7.87. The summed E-state index contributed by atoms with van der Waals surface area (Å²) in [6, 6.07) is 15.3. The highest BCUT2D eigenvalue weighted by Crippen LogP contribution is 2.31. The SMILES string of the molecule is COc1cccc2c(NC(C)C(=O)NCc3ccccc3)c(C)cnc12. The van der Waals surface area contributed by atoms with E-state index in [1.54, 1.807) is 13.3 Å².